The van der Waals surface area contributed by atoms with Gasteiger partial charge in [-0.3, -0.25) is 4.79 Å². The van der Waals surface area contributed by atoms with Crippen LogP contribution in [0.1, 0.15) is 17.3 Å². The summed E-state index contributed by atoms with van der Waals surface area (Å²) in [6, 6.07) is 3.74. The first-order chi connectivity index (χ1) is 11.7. The van der Waals surface area contributed by atoms with Crippen molar-refractivity contribution in [2.75, 3.05) is 26.3 Å². The van der Waals surface area contributed by atoms with Crippen LogP contribution >= 0.6 is 0 Å². The third kappa shape index (κ3) is 6.74. The molecule has 0 atom stereocenters. The summed E-state index contributed by atoms with van der Waals surface area (Å²) in [4.78, 5) is 23.5. The number of carboxylic acid groups (broad SMARTS) is 1. The van der Waals surface area contributed by atoms with Gasteiger partial charge < -0.3 is 19.5 Å². The minimum absolute atomic E-state index is 0.0442. The lowest BCUT2D eigenvalue weighted by Gasteiger charge is -2.23. The van der Waals surface area contributed by atoms with Crippen LogP contribution in [0, 0.1) is 0 Å². The molecule has 138 valence electrons. The molecule has 1 aromatic carbocycles. The Labute approximate surface area is 142 Å². The van der Waals surface area contributed by atoms with E-state index in [0.717, 1.165) is 0 Å². The normalized spacial score (nSPS) is 10.9. The lowest BCUT2D eigenvalue weighted by molar-refractivity contribution is -0.140. The van der Waals surface area contributed by atoms with Gasteiger partial charge >= 0.3 is 12.1 Å². The Hall–Kier alpha value is -2.71. The second kappa shape index (κ2) is 8.95. The molecule has 0 saturated carbocycles. The van der Waals surface area contributed by atoms with Gasteiger partial charge in [0.05, 0.1) is 6.61 Å². The fraction of sp³-hybridized carbons (Fsp3) is 0.375. The second-order valence-corrected chi connectivity index (χ2v) is 4.87. The van der Waals surface area contributed by atoms with E-state index in [-0.39, 0.29) is 30.2 Å². The van der Waals surface area contributed by atoms with E-state index in [1.807, 2.05) is 0 Å². The van der Waals surface area contributed by atoms with Gasteiger partial charge in [-0.15, -0.1) is 6.58 Å². The number of amides is 1. The Morgan fingerprint density at radius 3 is 2.48 bits per heavy atom. The van der Waals surface area contributed by atoms with Crippen molar-refractivity contribution in [3.63, 3.8) is 0 Å². The summed E-state index contributed by atoms with van der Waals surface area (Å²) in [6.45, 7) is 2.88. The van der Waals surface area contributed by atoms with Crippen LogP contribution in [-0.2, 0) is 4.79 Å². The molecule has 0 spiro atoms. The zero-order chi connectivity index (χ0) is 19.0. The topological polar surface area (TPSA) is 76.1 Å². The first kappa shape index (κ1) is 20.3. The van der Waals surface area contributed by atoms with Crippen LogP contribution in [0.5, 0.6) is 11.5 Å². The van der Waals surface area contributed by atoms with Crippen LogP contribution in [0.15, 0.2) is 30.9 Å². The SMILES string of the molecule is C=CCN(CC(F)(F)F)C(=O)c1ccc(OCC(=O)O)c(OCC)c1. The van der Waals surface area contributed by atoms with Gasteiger partial charge in [-0.25, -0.2) is 4.79 Å². The zero-order valence-corrected chi connectivity index (χ0v) is 13.5. The van der Waals surface area contributed by atoms with Crippen molar-refractivity contribution in [1.29, 1.82) is 0 Å². The molecule has 0 aromatic heterocycles. The summed E-state index contributed by atoms with van der Waals surface area (Å²) < 4.78 is 48.1. The predicted octanol–water partition coefficient (Wildman–Crippen LogP) is 2.74. The molecule has 1 aromatic rings. The first-order valence-electron chi connectivity index (χ1n) is 7.26. The number of carbonyl (C=O) groups is 2. The van der Waals surface area contributed by atoms with Crippen LogP contribution < -0.4 is 9.47 Å². The van der Waals surface area contributed by atoms with Gasteiger partial charge in [0.1, 0.15) is 6.54 Å². The smallest absolute Gasteiger partial charge is 0.406 e. The number of carbonyl (C=O) groups excluding carboxylic acids is 1. The Morgan fingerprint density at radius 2 is 1.96 bits per heavy atom. The van der Waals surface area contributed by atoms with Gasteiger partial charge in [0.15, 0.2) is 18.1 Å². The summed E-state index contributed by atoms with van der Waals surface area (Å²) in [5.74, 6) is -1.92. The fourth-order valence-corrected chi connectivity index (χ4v) is 1.94. The molecule has 0 aliphatic heterocycles. The number of aliphatic carboxylic acids is 1. The highest BCUT2D eigenvalue weighted by Crippen LogP contribution is 2.29. The quantitative estimate of drug-likeness (QED) is 0.685. The van der Waals surface area contributed by atoms with E-state index in [9.17, 15) is 22.8 Å². The third-order valence-electron chi connectivity index (χ3n) is 2.85. The van der Waals surface area contributed by atoms with Crippen molar-refractivity contribution >= 4 is 11.9 Å². The highest BCUT2D eigenvalue weighted by molar-refractivity contribution is 5.95. The van der Waals surface area contributed by atoms with Gasteiger partial charge in [-0.2, -0.15) is 13.2 Å². The Bertz CT molecular complexity index is 631. The maximum Gasteiger partial charge on any atom is 0.406 e. The van der Waals surface area contributed by atoms with Crippen LogP contribution in [0.2, 0.25) is 0 Å². The van der Waals surface area contributed by atoms with Crippen LogP contribution in [-0.4, -0.2) is 54.4 Å². The number of hydrogen-bond donors (Lipinski definition) is 1. The Balaban J connectivity index is 3.08. The van der Waals surface area contributed by atoms with Gasteiger partial charge in [-0.05, 0) is 25.1 Å². The number of alkyl halides is 3. The van der Waals surface area contributed by atoms with E-state index in [4.69, 9.17) is 14.6 Å². The molecule has 1 N–H and O–H groups in total. The van der Waals surface area contributed by atoms with Crippen molar-refractivity contribution in [2.45, 2.75) is 13.1 Å². The minimum atomic E-state index is -4.55. The van der Waals surface area contributed by atoms with Crippen molar-refractivity contribution < 1.29 is 37.3 Å². The third-order valence-corrected chi connectivity index (χ3v) is 2.85. The fourth-order valence-electron chi connectivity index (χ4n) is 1.94. The highest BCUT2D eigenvalue weighted by Gasteiger charge is 2.33. The maximum absolute atomic E-state index is 12.6. The van der Waals surface area contributed by atoms with E-state index in [2.05, 4.69) is 6.58 Å². The van der Waals surface area contributed by atoms with Crippen molar-refractivity contribution in [2.24, 2.45) is 0 Å². The standard InChI is InChI=1S/C16H18F3NO5/c1-3-7-20(10-16(17,18)19)15(23)11-5-6-12(25-9-14(21)22)13(8-11)24-4-2/h3,5-6,8H,1,4,7,9-10H2,2H3,(H,21,22). The van der Waals surface area contributed by atoms with Crippen LogP contribution in [0.3, 0.4) is 0 Å². The lowest BCUT2D eigenvalue weighted by atomic mass is 10.1. The number of benzene rings is 1. The van der Waals surface area contributed by atoms with E-state index < -0.39 is 31.2 Å². The zero-order valence-electron chi connectivity index (χ0n) is 13.5. The second-order valence-electron chi connectivity index (χ2n) is 4.87. The number of hydrogen-bond acceptors (Lipinski definition) is 4. The molecule has 0 fully saturated rings. The average Bonchev–Trinajstić information content (AvgIpc) is 2.51. The van der Waals surface area contributed by atoms with Gasteiger partial charge in [-0.1, -0.05) is 6.08 Å². The molecule has 0 saturated heterocycles. The van der Waals surface area contributed by atoms with Gasteiger partial charge in [0.25, 0.3) is 5.91 Å². The van der Waals surface area contributed by atoms with Crippen molar-refractivity contribution in [3.8, 4) is 11.5 Å². The Morgan fingerprint density at radius 1 is 1.28 bits per heavy atom. The Kier molecular flexibility index (Phi) is 7.28. The van der Waals surface area contributed by atoms with E-state index in [0.29, 0.717) is 4.90 Å². The molecule has 25 heavy (non-hydrogen) atoms. The molecule has 0 bridgehead atoms. The molecular formula is C16H18F3NO5. The predicted molar refractivity (Wildman–Crippen MR) is 82.9 cm³/mol. The number of halogens is 3. The molecule has 6 nitrogen and oxygen atoms in total. The van der Waals surface area contributed by atoms with Gasteiger partial charge in [0, 0.05) is 12.1 Å². The van der Waals surface area contributed by atoms with Crippen LogP contribution in [0.4, 0.5) is 13.2 Å². The first-order valence-corrected chi connectivity index (χ1v) is 7.26. The molecule has 0 heterocycles. The number of rotatable bonds is 9. The van der Waals surface area contributed by atoms with Crippen LogP contribution in [0.25, 0.3) is 0 Å². The highest BCUT2D eigenvalue weighted by atomic mass is 19.4. The summed E-state index contributed by atoms with van der Waals surface area (Å²) in [6.07, 6.45) is -3.36. The molecule has 0 radical (unpaired) electrons. The number of carboxylic acids is 1. The average molecular weight is 361 g/mol. The van der Waals surface area contributed by atoms with Crippen molar-refractivity contribution in [1.82, 2.24) is 4.90 Å². The molecular weight excluding hydrogens is 343 g/mol. The molecule has 1 rings (SSSR count). The van der Waals surface area contributed by atoms with E-state index in [1.54, 1.807) is 6.92 Å². The molecule has 1 amide bonds. The summed E-state index contributed by atoms with van der Waals surface area (Å²) >= 11 is 0. The monoisotopic (exact) mass is 361 g/mol. The minimum Gasteiger partial charge on any atom is -0.490 e. The number of ether oxygens (including phenoxy) is 2. The summed E-state index contributed by atoms with van der Waals surface area (Å²) in [5, 5.41) is 8.64. The molecule has 0 unspecified atom stereocenters. The molecule has 0 aliphatic carbocycles. The van der Waals surface area contributed by atoms with Gasteiger partial charge in [0.2, 0.25) is 0 Å². The largest absolute Gasteiger partial charge is 0.490 e. The lowest BCUT2D eigenvalue weighted by Crippen LogP contribution is -2.39. The summed E-state index contributed by atoms with van der Waals surface area (Å²) in [5.41, 5.74) is -0.0442. The van der Waals surface area contributed by atoms with Crippen molar-refractivity contribution in [3.05, 3.63) is 36.4 Å². The van der Waals surface area contributed by atoms with E-state index >= 15 is 0 Å². The molecule has 0 aliphatic rings. The van der Waals surface area contributed by atoms with E-state index in [1.165, 1.54) is 24.3 Å². The summed E-state index contributed by atoms with van der Waals surface area (Å²) in [7, 11) is 0. The maximum atomic E-state index is 12.6. The number of nitrogens with zero attached hydrogens (tertiary/aromatic N) is 1. The molecule has 9 heteroatoms.